The molecule has 9 nitrogen and oxygen atoms in total. The molecule has 200 valence electrons. The molecule has 0 saturated carbocycles. The largest absolute Gasteiger partial charge is 0.478 e. The molecule has 11 heteroatoms. The van der Waals surface area contributed by atoms with Gasteiger partial charge in [0, 0.05) is 36.8 Å². The van der Waals surface area contributed by atoms with Crippen molar-refractivity contribution in [3.63, 3.8) is 0 Å². The molecule has 1 N–H and O–H groups in total. The van der Waals surface area contributed by atoms with Crippen LogP contribution in [0.2, 0.25) is 5.02 Å². The number of hydrogen-bond donors (Lipinski definition) is 1. The van der Waals surface area contributed by atoms with E-state index < -0.39 is 18.0 Å². The van der Waals surface area contributed by atoms with E-state index in [-0.39, 0.29) is 23.3 Å². The first-order chi connectivity index (χ1) is 18.1. The number of rotatable bonds is 6. The van der Waals surface area contributed by atoms with Gasteiger partial charge < -0.3 is 19.3 Å². The number of carboxylic acids is 1. The van der Waals surface area contributed by atoms with Gasteiger partial charge in [-0.2, -0.15) is 0 Å². The zero-order valence-electron chi connectivity index (χ0n) is 20.9. The average Bonchev–Trinajstić information content (AvgIpc) is 3.26. The normalized spacial score (nSPS) is 13.3. The SMILES string of the molecule is CC(=O)Oc1ccccc1C(=O)O.COC(=O)[C@H](c1ccccc1Cl)N1CCc2sc(OC(C)=O)cc2C1. The number of fused-ring (bicyclic) bond motifs is 1. The van der Waals surface area contributed by atoms with Crippen LogP contribution in [0, 0.1) is 0 Å². The number of aromatic carboxylic acids is 1. The molecule has 4 rings (SSSR count). The molecule has 0 fully saturated rings. The smallest absolute Gasteiger partial charge is 0.339 e. The topological polar surface area (TPSA) is 119 Å². The fourth-order valence-electron chi connectivity index (χ4n) is 3.91. The van der Waals surface area contributed by atoms with Crippen LogP contribution in [0.1, 0.15) is 46.3 Å². The van der Waals surface area contributed by atoms with E-state index in [1.54, 1.807) is 18.2 Å². The van der Waals surface area contributed by atoms with Gasteiger partial charge in [-0.15, -0.1) is 11.3 Å². The quantitative estimate of drug-likeness (QED) is 0.332. The number of carboxylic acid groups (broad SMARTS) is 1. The Kier molecular flexibility index (Phi) is 10.0. The molecule has 1 aromatic heterocycles. The lowest BCUT2D eigenvalue weighted by molar-refractivity contribution is -0.147. The van der Waals surface area contributed by atoms with E-state index in [4.69, 9.17) is 26.2 Å². The van der Waals surface area contributed by atoms with Crippen molar-refractivity contribution in [1.29, 1.82) is 0 Å². The number of esters is 3. The van der Waals surface area contributed by atoms with Gasteiger partial charge in [-0.05, 0) is 41.8 Å². The first kappa shape index (κ1) is 28.8. The summed E-state index contributed by atoms with van der Waals surface area (Å²) < 4.78 is 14.9. The number of ether oxygens (including phenoxy) is 3. The second-order valence-electron chi connectivity index (χ2n) is 8.17. The Morgan fingerprint density at radius 1 is 1.00 bits per heavy atom. The zero-order valence-corrected chi connectivity index (χ0v) is 22.5. The molecule has 0 spiro atoms. The molecule has 38 heavy (non-hydrogen) atoms. The van der Waals surface area contributed by atoms with Gasteiger partial charge in [0.15, 0.2) is 5.06 Å². The summed E-state index contributed by atoms with van der Waals surface area (Å²) in [6.45, 7) is 3.87. The number of para-hydroxylation sites is 1. The molecule has 3 aromatic rings. The highest BCUT2D eigenvalue weighted by Gasteiger charge is 2.33. The van der Waals surface area contributed by atoms with Crippen molar-refractivity contribution in [2.45, 2.75) is 32.9 Å². The molecule has 0 bridgehead atoms. The van der Waals surface area contributed by atoms with Crippen LogP contribution in [0.25, 0.3) is 0 Å². The average molecular weight is 560 g/mol. The summed E-state index contributed by atoms with van der Waals surface area (Å²) in [5.41, 5.74) is 1.78. The number of thiophene rings is 1. The second-order valence-corrected chi connectivity index (χ2v) is 9.68. The van der Waals surface area contributed by atoms with Crippen molar-refractivity contribution >= 4 is 46.8 Å². The lowest BCUT2D eigenvalue weighted by Gasteiger charge is -2.33. The standard InChI is InChI=1S/C18H18ClNO4S.C9H8O4/c1-11(21)24-16-9-12-10-20(8-7-15(12)25-16)17(18(22)23-2)13-5-3-4-6-14(13)19;1-6(10)13-8-5-3-2-4-7(8)9(11)12/h3-6,9,17H,7-8,10H2,1-2H3;2-5H,1H3,(H,11,12)/t17-;/m0./s1. The molecule has 1 aliphatic heterocycles. The maximum absolute atomic E-state index is 12.4. The Morgan fingerprint density at radius 2 is 1.66 bits per heavy atom. The molecule has 2 aromatic carbocycles. The van der Waals surface area contributed by atoms with E-state index in [2.05, 4.69) is 4.74 Å². The second kappa shape index (κ2) is 13.2. The zero-order chi connectivity index (χ0) is 27.8. The van der Waals surface area contributed by atoms with Crippen LogP contribution in [-0.4, -0.2) is 47.5 Å². The predicted octanol–water partition coefficient (Wildman–Crippen LogP) is 4.91. The minimum Gasteiger partial charge on any atom is -0.478 e. The van der Waals surface area contributed by atoms with Gasteiger partial charge in [0.25, 0.3) is 0 Å². The van der Waals surface area contributed by atoms with E-state index in [1.165, 1.54) is 49.3 Å². The van der Waals surface area contributed by atoms with Crippen molar-refractivity contribution < 1.29 is 38.5 Å². The summed E-state index contributed by atoms with van der Waals surface area (Å²) in [5.74, 6) is -2.25. The summed E-state index contributed by atoms with van der Waals surface area (Å²) in [6.07, 6.45) is 0.777. The highest BCUT2D eigenvalue weighted by atomic mass is 35.5. The Balaban J connectivity index is 0.000000260. The number of benzene rings is 2. The molecular formula is C27H26ClNO8S. The number of carbonyl (C=O) groups is 4. The van der Waals surface area contributed by atoms with Gasteiger partial charge in [-0.3, -0.25) is 14.5 Å². The first-order valence-electron chi connectivity index (χ1n) is 11.5. The van der Waals surface area contributed by atoms with Crippen LogP contribution in [0.3, 0.4) is 0 Å². The molecule has 2 heterocycles. The number of methoxy groups -OCH3 is 1. The van der Waals surface area contributed by atoms with Gasteiger partial charge in [0.05, 0.1) is 7.11 Å². The Labute approximate surface area is 228 Å². The van der Waals surface area contributed by atoms with Crippen molar-refractivity contribution in [3.8, 4) is 10.8 Å². The van der Waals surface area contributed by atoms with Crippen LogP contribution in [-0.2, 0) is 32.1 Å². The van der Waals surface area contributed by atoms with E-state index in [0.717, 1.165) is 17.5 Å². The van der Waals surface area contributed by atoms with Gasteiger partial charge in [-0.25, -0.2) is 9.59 Å². The summed E-state index contributed by atoms with van der Waals surface area (Å²) in [4.78, 5) is 48.0. The first-order valence-corrected chi connectivity index (χ1v) is 12.7. The van der Waals surface area contributed by atoms with Crippen LogP contribution in [0.4, 0.5) is 0 Å². The van der Waals surface area contributed by atoms with Crippen LogP contribution < -0.4 is 9.47 Å². The fourth-order valence-corrected chi connectivity index (χ4v) is 5.20. The molecule has 0 aliphatic carbocycles. The highest BCUT2D eigenvalue weighted by molar-refractivity contribution is 7.14. The molecule has 0 amide bonds. The van der Waals surface area contributed by atoms with Crippen molar-refractivity contribution in [1.82, 2.24) is 4.90 Å². The lowest BCUT2D eigenvalue weighted by Crippen LogP contribution is -2.38. The molecule has 0 radical (unpaired) electrons. The van der Waals surface area contributed by atoms with Crippen LogP contribution in [0.5, 0.6) is 10.8 Å². The lowest BCUT2D eigenvalue weighted by atomic mass is 10.0. The fraction of sp³-hybridized carbons (Fsp3) is 0.259. The van der Waals surface area contributed by atoms with Gasteiger partial charge in [-0.1, -0.05) is 41.9 Å². The minimum absolute atomic E-state index is 0.0160. The molecular weight excluding hydrogens is 534 g/mol. The van der Waals surface area contributed by atoms with Crippen LogP contribution >= 0.6 is 22.9 Å². The van der Waals surface area contributed by atoms with Crippen molar-refractivity contribution in [2.75, 3.05) is 13.7 Å². The molecule has 1 aliphatic rings. The monoisotopic (exact) mass is 559 g/mol. The van der Waals surface area contributed by atoms with Crippen molar-refractivity contribution in [2.24, 2.45) is 0 Å². The Morgan fingerprint density at radius 3 is 2.29 bits per heavy atom. The summed E-state index contributed by atoms with van der Waals surface area (Å²) in [7, 11) is 1.38. The van der Waals surface area contributed by atoms with E-state index in [9.17, 15) is 19.2 Å². The molecule has 0 saturated heterocycles. The van der Waals surface area contributed by atoms with Crippen LogP contribution in [0.15, 0.2) is 54.6 Å². The van der Waals surface area contributed by atoms with Gasteiger partial charge in [0.1, 0.15) is 17.4 Å². The molecule has 0 unspecified atom stereocenters. The van der Waals surface area contributed by atoms with Crippen molar-refractivity contribution in [3.05, 3.63) is 81.2 Å². The van der Waals surface area contributed by atoms with Gasteiger partial charge >= 0.3 is 23.9 Å². The number of halogens is 1. The molecule has 1 atom stereocenters. The third-order valence-corrected chi connectivity index (χ3v) is 6.94. The third-order valence-electron chi connectivity index (χ3n) is 5.48. The number of carbonyl (C=O) groups excluding carboxylic acids is 3. The predicted molar refractivity (Wildman–Crippen MR) is 141 cm³/mol. The van der Waals surface area contributed by atoms with Gasteiger partial charge in [0.2, 0.25) is 0 Å². The summed E-state index contributed by atoms with van der Waals surface area (Å²) >= 11 is 7.79. The number of nitrogens with zero attached hydrogens (tertiary/aromatic N) is 1. The summed E-state index contributed by atoms with van der Waals surface area (Å²) in [5, 5.41) is 9.81. The highest BCUT2D eigenvalue weighted by Crippen LogP contribution is 2.37. The third kappa shape index (κ3) is 7.41. The maximum Gasteiger partial charge on any atom is 0.339 e. The van der Waals surface area contributed by atoms with E-state index in [1.807, 2.05) is 29.2 Å². The minimum atomic E-state index is -1.11. The Bertz CT molecular complexity index is 1340. The van der Waals surface area contributed by atoms with E-state index >= 15 is 0 Å². The van der Waals surface area contributed by atoms with E-state index in [0.29, 0.717) is 23.2 Å². The Hall–Kier alpha value is -3.73. The number of hydrogen-bond acceptors (Lipinski definition) is 9. The maximum atomic E-state index is 12.4. The summed E-state index contributed by atoms with van der Waals surface area (Å²) in [6, 6.07) is 14.6.